The smallest absolute Gasteiger partial charge is 0.252 e. The van der Waals surface area contributed by atoms with E-state index in [0.717, 1.165) is 53.8 Å². The molecule has 1 saturated heterocycles. The molecule has 9 heteroatoms. The fourth-order valence-electron chi connectivity index (χ4n) is 4.07. The van der Waals surface area contributed by atoms with Crippen LogP contribution in [0.15, 0.2) is 36.5 Å². The van der Waals surface area contributed by atoms with Crippen LogP contribution in [0.25, 0.3) is 10.8 Å². The minimum absolute atomic E-state index is 0. The van der Waals surface area contributed by atoms with Crippen LogP contribution in [0.4, 0.5) is 11.5 Å². The molecule has 3 aromatic rings. The van der Waals surface area contributed by atoms with Crippen molar-refractivity contribution in [3.63, 3.8) is 0 Å². The number of ether oxygens (including phenoxy) is 1. The van der Waals surface area contributed by atoms with E-state index in [4.69, 9.17) is 16.3 Å². The lowest BCUT2D eigenvalue weighted by Gasteiger charge is -2.33. The molecule has 0 aliphatic carbocycles. The number of quaternary nitrogens is 1. The predicted molar refractivity (Wildman–Crippen MR) is 120 cm³/mol. The Balaban J connectivity index is 0.00000289. The van der Waals surface area contributed by atoms with Gasteiger partial charge < -0.3 is 27.2 Å². The molecule has 4 rings (SSSR count). The van der Waals surface area contributed by atoms with E-state index < -0.39 is 0 Å². The highest BCUT2D eigenvalue weighted by Crippen LogP contribution is 2.33. The van der Waals surface area contributed by atoms with Gasteiger partial charge in [0.1, 0.15) is 12.3 Å². The van der Waals surface area contributed by atoms with Crippen molar-refractivity contribution in [2.45, 2.75) is 19.4 Å². The van der Waals surface area contributed by atoms with Gasteiger partial charge in [0.15, 0.2) is 0 Å². The van der Waals surface area contributed by atoms with Crippen LogP contribution in [0.5, 0.6) is 5.75 Å². The third kappa shape index (κ3) is 5.05. The molecule has 1 fully saturated rings. The summed E-state index contributed by atoms with van der Waals surface area (Å²) in [5, 5.41) is 32.1. The van der Waals surface area contributed by atoms with Gasteiger partial charge in [-0.1, -0.05) is 16.7 Å². The minimum atomic E-state index is 0. The molecule has 32 heavy (non-hydrogen) atoms. The van der Waals surface area contributed by atoms with Gasteiger partial charge in [0.2, 0.25) is 0 Å². The highest BCUT2D eigenvalue weighted by atomic mass is 35.5. The highest BCUT2D eigenvalue weighted by Gasteiger charge is 2.22. The summed E-state index contributed by atoms with van der Waals surface area (Å²) in [4.78, 5) is 2.28. The maximum absolute atomic E-state index is 9.60. The molecular weight excluding hydrogens is 449 g/mol. The van der Waals surface area contributed by atoms with Gasteiger partial charge in [-0.15, -0.1) is 0 Å². The Morgan fingerprint density at radius 2 is 2.03 bits per heavy atom. The Morgan fingerprint density at radius 1 is 1.25 bits per heavy atom. The van der Waals surface area contributed by atoms with Gasteiger partial charge in [-0.2, -0.15) is 10.4 Å². The van der Waals surface area contributed by atoms with Gasteiger partial charge in [0.05, 0.1) is 35.3 Å². The van der Waals surface area contributed by atoms with Crippen LogP contribution in [-0.2, 0) is 6.54 Å². The monoisotopic (exact) mass is 473 g/mol. The molecule has 7 nitrogen and oxygen atoms in total. The van der Waals surface area contributed by atoms with Gasteiger partial charge in [0.25, 0.3) is 5.82 Å². The number of aliphatic hydroxyl groups is 1. The molecule has 2 aromatic carbocycles. The Morgan fingerprint density at radius 3 is 2.69 bits per heavy atom. The predicted octanol–water partition coefficient (Wildman–Crippen LogP) is -0.229. The molecule has 0 bridgehead atoms. The van der Waals surface area contributed by atoms with Crippen molar-refractivity contribution in [2.75, 3.05) is 31.7 Å². The molecule has 0 amide bonds. The Hall–Kier alpha value is -2.63. The molecule has 0 saturated carbocycles. The van der Waals surface area contributed by atoms with Crippen molar-refractivity contribution in [2.24, 2.45) is 5.92 Å². The first-order valence-corrected chi connectivity index (χ1v) is 10.7. The van der Waals surface area contributed by atoms with Crippen LogP contribution in [-0.4, -0.2) is 42.1 Å². The lowest BCUT2D eigenvalue weighted by molar-refractivity contribution is -0.591. The summed E-state index contributed by atoms with van der Waals surface area (Å²) in [5.74, 6) is 1.73. The summed E-state index contributed by atoms with van der Waals surface area (Å²) in [6.07, 6.45) is 3.64. The van der Waals surface area contributed by atoms with E-state index in [9.17, 15) is 10.4 Å². The van der Waals surface area contributed by atoms with E-state index in [1.54, 1.807) is 13.3 Å². The lowest BCUT2D eigenvalue weighted by atomic mass is 9.96. The normalized spacial score (nSPS) is 14.1. The molecule has 168 valence electrons. The Labute approximate surface area is 198 Å². The first-order chi connectivity index (χ1) is 15.1. The second kappa shape index (κ2) is 10.8. The number of hydrogen-bond donors (Lipinski definition) is 2. The van der Waals surface area contributed by atoms with Gasteiger partial charge in [-0.3, -0.25) is 5.32 Å². The van der Waals surface area contributed by atoms with E-state index in [-0.39, 0.29) is 19.0 Å². The average molecular weight is 474 g/mol. The molecule has 1 aromatic heterocycles. The number of nitriles is 1. The van der Waals surface area contributed by atoms with Crippen LogP contribution >= 0.6 is 11.6 Å². The topological polar surface area (TPSA) is 98.9 Å². The maximum Gasteiger partial charge on any atom is 0.252 e. The van der Waals surface area contributed by atoms with Crippen LogP contribution < -0.4 is 27.4 Å². The van der Waals surface area contributed by atoms with Crippen molar-refractivity contribution in [3.8, 4) is 11.8 Å². The van der Waals surface area contributed by atoms with Gasteiger partial charge in [-0.25, -0.2) is 0 Å². The molecule has 0 spiro atoms. The third-order valence-electron chi connectivity index (χ3n) is 5.88. The number of methoxy groups -OCH3 is 1. The summed E-state index contributed by atoms with van der Waals surface area (Å²) in [5.41, 5.74) is 2.64. The SMILES string of the molecule is COc1ccc(C[NH2+]c2nncc3c(N4CCC(CO)CC4)cc(C#N)cc23)cc1Cl.[Cl-]. The third-order valence-corrected chi connectivity index (χ3v) is 6.17. The van der Waals surface area contributed by atoms with E-state index in [0.29, 0.717) is 28.8 Å². The average Bonchev–Trinajstić information content (AvgIpc) is 2.82. The molecule has 2 heterocycles. The zero-order chi connectivity index (χ0) is 21.8. The number of nitrogens with zero attached hydrogens (tertiary/aromatic N) is 4. The van der Waals surface area contributed by atoms with Crippen molar-refractivity contribution in [1.82, 2.24) is 10.2 Å². The standard InChI is InChI=1S/C23H24ClN5O2.ClH/c1-31-22-3-2-16(9-20(22)24)12-26-23-18-8-17(11-25)10-21(19(18)13-27-28-23)29-6-4-15(14-30)5-7-29;/h2-3,8-10,13,15,30H,4-7,12,14H2,1H3,(H,26,28);1H. The van der Waals surface area contributed by atoms with Gasteiger partial charge in [0, 0.05) is 36.3 Å². The van der Waals surface area contributed by atoms with Crippen molar-refractivity contribution in [1.29, 1.82) is 5.26 Å². The number of hydrogen-bond acceptors (Lipinski definition) is 6. The molecule has 0 radical (unpaired) electrons. The first kappa shape index (κ1) is 24.0. The fraction of sp³-hybridized carbons (Fsp3) is 0.348. The number of aromatic nitrogens is 2. The largest absolute Gasteiger partial charge is 1.00 e. The molecule has 1 aliphatic heterocycles. The maximum atomic E-state index is 9.60. The summed E-state index contributed by atoms with van der Waals surface area (Å²) in [6.45, 7) is 2.56. The quantitative estimate of drug-likeness (QED) is 0.513. The number of piperidine rings is 1. The number of aliphatic hydroxyl groups excluding tert-OH is 1. The highest BCUT2D eigenvalue weighted by molar-refractivity contribution is 6.32. The van der Waals surface area contributed by atoms with Crippen LogP contribution in [0.2, 0.25) is 5.02 Å². The number of fused-ring (bicyclic) bond motifs is 1. The van der Waals surface area contributed by atoms with E-state index in [1.165, 1.54) is 0 Å². The van der Waals surface area contributed by atoms with E-state index in [1.807, 2.05) is 35.6 Å². The number of rotatable bonds is 6. The summed E-state index contributed by atoms with van der Waals surface area (Å²) in [6, 6.07) is 11.8. The van der Waals surface area contributed by atoms with Crippen molar-refractivity contribution < 1.29 is 27.6 Å². The zero-order valence-corrected chi connectivity index (χ0v) is 19.3. The Kier molecular flexibility index (Phi) is 8.10. The second-order valence-corrected chi connectivity index (χ2v) is 8.20. The minimum Gasteiger partial charge on any atom is -1.00 e. The number of benzene rings is 2. The number of anilines is 1. The van der Waals surface area contributed by atoms with Crippen molar-refractivity contribution in [3.05, 3.63) is 52.7 Å². The molecule has 3 N–H and O–H groups in total. The van der Waals surface area contributed by atoms with E-state index >= 15 is 0 Å². The molecular formula is C23H25Cl2N5O2. The summed E-state index contributed by atoms with van der Waals surface area (Å²) < 4.78 is 5.22. The lowest BCUT2D eigenvalue weighted by Crippen LogP contribution is -3.00. The van der Waals surface area contributed by atoms with Crippen LogP contribution in [0.1, 0.15) is 24.0 Å². The zero-order valence-electron chi connectivity index (χ0n) is 17.8. The molecule has 0 atom stereocenters. The molecule has 0 unspecified atom stereocenters. The van der Waals surface area contributed by atoms with Crippen LogP contribution in [0, 0.1) is 17.2 Å². The first-order valence-electron chi connectivity index (χ1n) is 10.3. The van der Waals surface area contributed by atoms with Gasteiger partial charge >= 0.3 is 0 Å². The molecule has 1 aliphatic rings. The number of halogens is 2. The van der Waals surface area contributed by atoms with Crippen molar-refractivity contribution >= 4 is 33.9 Å². The Bertz CT molecular complexity index is 1130. The summed E-state index contributed by atoms with van der Waals surface area (Å²) >= 11 is 6.25. The van der Waals surface area contributed by atoms with E-state index in [2.05, 4.69) is 21.2 Å². The fourth-order valence-corrected chi connectivity index (χ4v) is 4.35. The number of nitrogens with two attached hydrogens (primary N) is 1. The second-order valence-electron chi connectivity index (χ2n) is 7.79. The van der Waals surface area contributed by atoms with Crippen LogP contribution in [0.3, 0.4) is 0 Å². The summed E-state index contributed by atoms with van der Waals surface area (Å²) in [7, 11) is 1.59. The van der Waals surface area contributed by atoms with Gasteiger partial charge in [-0.05, 0) is 49.1 Å².